The second-order valence-electron chi connectivity index (χ2n) is 24.1. The van der Waals surface area contributed by atoms with E-state index in [-0.39, 0.29) is 98.7 Å². The summed E-state index contributed by atoms with van der Waals surface area (Å²) in [5, 5.41) is 24.1. The van der Waals surface area contributed by atoms with Crippen LogP contribution in [0.4, 0.5) is 0 Å². The fraction of sp³-hybridized carbons (Fsp3) is 0.457. The first-order valence-corrected chi connectivity index (χ1v) is 32.1. The fourth-order valence-corrected chi connectivity index (χ4v) is 12.6. The molecule has 2 heterocycles. The van der Waals surface area contributed by atoms with Crippen LogP contribution in [0.2, 0.25) is 0 Å². The van der Waals surface area contributed by atoms with Crippen LogP contribution in [0.15, 0.2) is 133 Å². The Bertz CT molecular complexity index is 3070. The lowest BCUT2D eigenvalue weighted by Crippen LogP contribution is -2.55. The number of para-hydroxylation sites is 2. The summed E-state index contributed by atoms with van der Waals surface area (Å²) in [4.78, 5) is 115. The summed E-state index contributed by atoms with van der Waals surface area (Å²) in [5.41, 5.74) is 5.09. The number of rotatable bonds is 28. The van der Waals surface area contributed by atoms with E-state index in [9.17, 15) is 38.4 Å². The van der Waals surface area contributed by atoms with E-state index in [0.29, 0.717) is 37.2 Å². The lowest BCUT2D eigenvalue weighted by atomic mass is 9.87. The Kier molecular flexibility index (Phi) is 23.6. The van der Waals surface area contributed by atoms with Crippen molar-refractivity contribution in [2.24, 2.45) is 0 Å². The van der Waals surface area contributed by atoms with Crippen LogP contribution in [0.3, 0.4) is 0 Å². The average Bonchev–Trinajstić information content (AvgIpc) is 1.70. The summed E-state index contributed by atoms with van der Waals surface area (Å²) in [6, 6.07) is 35.9. The van der Waals surface area contributed by atoms with Crippen molar-refractivity contribution >= 4 is 47.3 Å². The number of benzene rings is 5. The zero-order valence-electron chi connectivity index (χ0n) is 52.2. The molecule has 2 aliphatic carbocycles. The Hall–Kier alpha value is -8.62. The SMILES string of the molecule is CN[C@@H](C)C(=O)N[C@@H](CCCCNC(=O)c1cccc(C(=O)NCCCC[C@H](NC(=O)[C@H](C)NC)C(=O)N2C[C@@H](Oc3ccccc3)C[C@H]2C(=O)N[C@@H]2CCCc3ccccc32)c1)C(=O)N1C[C@@H](Oc2ccccc2)C[C@H]1C(=O)N[C@@H]1CCCc2ccccc21. The first-order chi connectivity index (χ1) is 43.7. The number of ether oxygens (including phenoxy) is 2. The summed E-state index contributed by atoms with van der Waals surface area (Å²) in [6.07, 6.45) is 7.09. The van der Waals surface area contributed by atoms with Gasteiger partial charge in [-0.3, -0.25) is 38.4 Å². The maximum Gasteiger partial charge on any atom is 0.251 e. The first kappa shape index (κ1) is 65.8. The Balaban J connectivity index is 0.776. The highest BCUT2D eigenvalue weighted by atomic mass is 16.5. The molecule has 0 radical (unpaired) electrons. The number of carbonyl (C=O) groups excluding carboxylic acids is 8. The van der Waals surface area contributed by atoms with Gasteiger partial charge in [0.25, 0.3) is 11.8 Å². The summed E-state index contributed by atoms with van der Waals surface area (Å²) in [6.45, 7) is 4.16. The monoisotopic (exact) mass is 1230 g/mol. The maximum absolute atomic E-state index is 14.8. The van der Waals surface area contributed by atoms with E-state index in [1.54, 1.807) is 55.9 Å². The van der Waals surface area contributed by atoms with Crippen molar-refractivity contribution in [2.75, 3.05) is 40.3 Å². The van der Waals surface area contributed by atoms with Gasteiger partial charge in [0.05, 0.1) is 37.3 Å². The molecule has 8 amide bonds. The molecule has 10 atom stereocenters. The van der Waals surface area contributed by atoms with Gasteiger partial charge in [-0.15, -0.1) is 0 Å². The minimum Gasteiger partial charge on any atom is -0.488 e. The highest BCUT2D eigenvalue weighted by molar-refractivity contribution is 6.00. The molecule has 8 N–H and O–H groups in total. The van der Waals surface area contributed by atoms with Gasteiger partial charge in [0, 0.05) is 37.1 Å². The Morgan fingerprint density at radius 1 is 0.500 bits per heavy atom. The van der Waals surface area contributed by atoms with E-state index in [4.69, 9.17) is 9.47 Å². The molecule has 0 unspecified atom stereocenters. The van der Waals surface area contributed by atoms with Crippen LogP contribution in [-0.4, -0.2) is 146 Å². The highest BCUT2D eigenvalue weighted by Gasteiger charge is 2.46. The van der Waals surface area contributed by atoms with Crippen molar-refractivity contribution in [3.63, 3.8) is 0 Å². The summed E-state index contributed by atoms with van der Waals surface area (Å²) in [7, 11) is 3.32. The van der Waals surface area contributed by atoms with Crippen LogP contribution in [-0.2, 0) is 41.6 Å². The molecule has 2 aliphatic heterocycles. The standard InChI is InChI=1S/C70H88N10O10/c1-45(71-3)63(81)77-59(69(87)79-43-53(89-51-28-7-5-8-29-51)41-61(79)67(85)75-57-36-20-24-47-22-11-13-32-55(47)57)34-15-17-38-73-65(83)49-26-19-27-50(40-49)66(84)74-39-18-16-35-60(78-64(82)46(2)72-4)70(88)80-44-54(90-52-30-9-6-10-31-52)42-62(80)68(86)76-58-37-21-25-48-23-12-14-33-56(48)58/h5-14,19,22-23,26-33,40,45-46,53-54,57-62,71-72H,15-18,20-21,24-25,34-39,41-44H2,1-4H3,(H,73,83)(H,74,84)(H,75,85)(H,76,86)(H,77,81)(H,78,82)/t45-,46-,53-,54-,57+,58+,59-,60-,61-,62-/m0/s1. The molecule has 478 valence electrons. The number of amides is 8. The van der Waals surface area contributed by atoms with Gasteiger partial charge in [-0.25, -0.2) is 0 Å². The van der Waals surface area contributed by atoms with Gasteiger partial charge in [0.1, 0.15) is 47.9 Å². The van der Waals surface area contributed by atoms with Crippen molar-refractivity contribution in [3.05, 3.63) is 167 Å². The summed E-state index contributed by atoms with van der Waals surface area (Å²) in [5.74, 6) is -1.63. The number of unbranched alkanes of at least 4 members (excludes halogenated alkanes) is 2. The van der Waals surface area contributed by atoms with Crippen molar-refractivity contribution < 1.29 is 47.8 Å². The van der Waals surface area contributed by atoms with Gasteiger partial charge in [0.15, 0.2) is 0 Å². The number of hydrogen-bond acceptors (Lipinski definition) is 12. The quantitative estimate of drug-likeness (QED) is 0.0262. The van der Waals surface area contributed by atoms with Gasteiger partial charge >= 0.3 is 0 Å². The maximum atomic E-state index is 14.8. The van der Waals surface area contributed by atoms with E-state index in [1.165, 1.54) is 17.2 Å². The van der Waals surface area contributed by atoms with Crippen LogP contribution in [0, 0.1) is 0 Å². The summed E-state index contributed by atoms with van der Waals surface area (Å²) >= 11 is 0. The number of likely N-dealkylation sites (N-methyl/N-ethyl adjacent to an activating group) is 2. The van der Waals surface area contributed by atoms with E-state index < -0.39 is 72.1 Å². The minimum absolute atomic E-state index is 0.141. The topological polar surface area (TPSA) is 258 Å². The smallest absolute Gasteiger partial charge is 0.251 e. The Morgan fingerprint density at radius 3 is 1.31 bits per heavy atom. The molecule has 4 aliphatic rings. The van der Waals surface area contributed by atoms with Crippen molar-refractivity contribution in [2.45, 2.75) is 164 Å². The van der Waals surface area contributed by atoms with E-state index in [1.807, 2.05) is 97.1 Å². The number of hydrogen-bond donors (Lipinski definition) is 8. The number of aryl methyl sites for hydroxylation is 2. The van der Waals surface area contributed by atoms with Crippen molar-refractivity contribution in [1.29, 1.82) is 0 Å². The molecule has 0 bridgehead atoms. The number of likely N-dealkylation sites (tertiary alicyclic amines) is 2. The molecule has 0 saturated carbocycles. The molecule has 5 aromatic rings. The third-order valence-corrected chi connectivity index (χ3v) is 17.8. The molecule has 20 heteroatoms. The predicted molar refractivity (Wildman–Crippen MR) is 342 cm³/mol. The average molecular weight is 1230 g/mol. The van der Waals surface area contributed by atoms with Gasteiger partial charge in [-0.2, -0.15) is 0 Å². The van der Waals surface area contributed by atoms with Gasteiger partial charge in [-0.05, 0) is 170 Å². The molecule has 90 heavy (non-hydrogen) atoms. The lowest BCUT2D eigenvalue weighted by molar-refractivity contribution is -0.142. The second kappa shape index (κ2) is 32.2. The zero-order valence-corrected chi connectivity index (χ0v) is 52.2. The molecule has 20 nitrogen and oxygen atoms in total. The van der Waals surface area contributed by atoms with Crippen molar-refractivity contribution in [1.82, 2.24) is 52.3 Å². The van der Waals surface area contributed by atoms with Crippen LogP contribution < -0.4 is 52.0 Å². The largest absolute Gasteiger partial charge is 0.488 e. The predicted octanol–water partition coefficient (Wildman–Crippen LogP) is 6.16. The number of fused-ring (bicyclic) bond motifs is 2. The Morgan fingerprint density at radius 2 is 0.900 bits per heavy atom. The normalized spacial score (nSPS) is 20.6. The first-order valence-electron chi connectivity index (χ1n) is 32.1. The lowest BCUT2D eigenvalue weighted by Gasteiger charge is -2.31. The number of nitrogens with zero attached hydrogens (tertiary/aromatic N) is 2. The molecular weight excluding hydrogens is 1140 g/mol. The molecular formula is C70H88N10O10. The second-order valence-corrected chi connectivity index (χ2v) is 24.1. The molecule has 0 aromatic heterocycles. The van der Waals surface area contributed by atoms with E-state index in [0.717, 1.165) is 49.7 Å². The molecule has 5 aromatic carbocycles. The fourth-order valence-electron chi connectivity index (χ4n) is 12.6. The third kappa shape index (κ3) is 17.4. The summed E-state index contributed by atoms with van der Waals surface area (Å²) < 4.78 is 12.7. The van der Waals surface area contributed by atoms with Crippen LogP contribution in [0.5, 0.6) is 11.5 Å². The van der Waals surface area contributed by atoms with Crippen LogP contribution in [0.25, 0.3) is 0 Å². The van der Waals surface area contributed by atoms with Gasteiger partial charge in [0.2, 0.25) is 35.4 Å². The van der Waals surface area contributed by atoms with Crippen LogP contribution >= 0.6 is 0 Å². The number of carbonyl (C=O) groups is 8. The Labute approximate surface area is 528 Å². The van der Waals surface area contributed by atoms with Crippen molar-refractivity contribution in [3.8, 4) is 11.5 Å². The molecule has 0 spiro atoms. The van der Waals surface area contributed by atoms with Crippen LogP contribution in [0.1, 0.15) is 146 Å². The zero-order chi connectivity index (χ0) is 63.5. The van der Waals surface area contributed by atoms with Gasteiger partial charge < -0.3 is 61.8 Å². The van der Waals surface area contributed by atoms with Gasteiger partial charge in [-0.1, -0.05) is 91.0 Å². The van der Waals surface area contributed by atoms with E-state index >= 15 is 0 Å². The molecule has 2 fully saturated rings. The van der Waals surface area contributed by atoms with E-state index in [2.05, 4.69) is 54.7 Å². The molecule has 9 rings (SSSR count). The third-order valence-electron chi connectivity index (χ3n) is 17.8. The number of nitrogens with one attached hydrogen (secondary N) is 8. The molecule has 2 saturated heterocycles. The highest BCUT2D eigenvalue weighted by Crippen LogP contribution is 2.34. The minimum atomic E-state index is -0.973.